The van der Waals surface area contributed by atoms with Gasteiger partial charge in [-0.05, 0) is 72.0 Å². The third-order valence-corrected chi connectivity index (χ3v) is 5.90. The number of rotatable bonds is 9. The minimum absolute atomic E-state index is 0.117. The number of hydrogen-bond donors (Lipinski definition) is 2. The Kier molecular flexibility index (Phi) is 7.35. The lowest BCUT2D eigenvalue weighted by Crippen LogP contribution is -2.30. The van der Waals surface area contributed by atoms with Crippen molar-refractivity contribution in [3.8, 4) is 11.5 Å². The van der Waals surface area contributed by atoms with Crippen LogP contribution < -0.4 is 25.7 Å². The first-order valence-electron chi connectivity index (χ1n) is 11.5. The normalized spacial score (nSPS) is 10.7. The van der Waals surface area contributed by atoms with Crippen LogP contribution in [0.2, 0.25) is 0 Å². The first kappa shape index (κ1) is 23.9. The number of amides is 1. The van der Waals surface area contributed by atoms with Crippen LogP contribution in [0.1, 0.15) is 18.1 Å². The number of nitrogens with zero attached hydrogens (tertiary/aromatic N) is 1. The minimum atomic E-state index is -0.277. The largest absolute Gasteiger partial charge is 0.497 e. The number of hydrogen-bond acceptors (Lipinski definition) is 5. The van der Waals surface area contributed by atoms with Crippen LogP contribution in [-0.2, 0) is 24.3 Å². The molecule has 4 rings (SSSR count). The molecule has 0 saturated carbocycles. The standard InChI is InChI=1S/C28H29N3O4/c1-4-19-5-8-23(9-6-19)30-27(32)18-31-26-16-25(35-3)12-7-20(26)15-21(28(31)33)17-29-22-10-13-24(34-2)14-11-22/h5-16,29H,4,17-18H2,1-3H3,(H,30,32). The molecule has 0 radical (unpaired) electrons. The average Bonchev–Trinajstić information content (AvgIpc) is 2.89. The lowest BCUT2D eigenvalue weighted by Gasteiger charge is -2.15. The van der Waals surface area contributed by atoms with Crippen LogP contribution in [0.5, 0.6) is 11.5 Å². The van der Waals surface area contributed by atoms with Crippen molar-refractivity contribution >= 4 is 28.2 Å². The van der Waals surface area contributed by atoms with Crippen molar-refractivity contribution in [3.05, 3.63) is 94.3 Å². The smallest absolute Gasteiger partial charge is 0.256 e. The Labute approximate surface area is 204 Å². The first-order valence-corrected chi connectivity index (χ1v) is 11.5. The number of carbonyl (C=O) groups is 1. The summed E-state index contributed by atoms with van der Waals surface area (Å²) in [6, 6.07) is 22.5. The number of aryl methyl sites for hydroxylation is 1. The van der Waals surface area contributed by atoms with Gasteiger partial charge in [-0.1, -0.05) is 19.1 Å². The van der Waals surface area contributed by atoms with Gasteiger partial charge in [0.25, 0.3) is 5.56 Å². The molecular formula is C28H29N3O4. The molecule has 0 aliphatic rings. The maximum Gasteiger partial charge on any atom is 0.256 e. The number of fused-ring (bicyclic) bond motifs is 1. The molecule has 0 bridgehead atoms. The van der Waals surface area contributed by atoms with Crippen molar-refractivity contribution in [1.82, 2.24) is 4.57 Å². The molecule has 7 heteroatoms. The molecule has 0 spiro atoms. The summed E-state index contributed by atoms with van der Waals surface area (Å²) in [4.78, 5) is 26.4. The molecule has 180 valence electrons. The van der Waals surface area contributed by atoms with E-state index in [2.05, 4.69) is 17.6 Å². The van der Waals surface area contributed by atoms with Crippen molar-refractivity contribution in [2.45, 2.75) is 26.4 Å². The fourth-order valence-electron chi connectivity index (χ4n) is 3.90. The fourth-order valence-corrected chi connectivity index (χ4v) is 3.90. The van der Waals surface area contributed by atoms with E-state index >= 15 is 0 Å². The van der Waals surface area contributed by atoms with Gasteiger partial charge in [0.05, 0.1) is 19.7 Å². The van der Waals surface area contributed by atoms with Gasteiger partial charge < -0.3 is 20.1 Å². The monoisotopic (exact) mass is 471 g/mol. The Morgan fingerprint density at radius 3 is 2.17 bits per heavy atom. The summed E-state index contributed by atoms with van der Waals surface area (Å²) in [5.41, 5.74) is 3.70. The number of nitrogens with one attached hydrogen (secondary N) is 2. The van der Waals surface area contributed by atoms with Crippen LogP contribution in [0.3, 0.4) is 0 Å². The molecule has 1 aromatic heterocycles. The van der Waals surface area contributed by atoms with E-state index in [1.807, 2.05) is 66.7 Å². The summed E-state index contributed by atoms with van der Waals surface area (Å²) in [6.45, 7) is 2.28. The zero-order valence-corrected chi connectivity index (χ0v) is 20.1. The minimum Gasteiger partial charge on any atom is -0.497 e. The molecule has 3 aromatic carbocycles. The Bertz CT molecular complexity index is 1380. The quantitative estimate of drug-likeness (QED) is 0.365. The number of anilines is 2. The van der Waals surface area contributed by atoms with Gasteiger partial charge in [0, 0.05) is 29.5 Å². The van der Waals surface area contributed by atoms with Gasteiger partial charge in [0.2, 0.25) is 5.91 Å². The third-order valence-electron chi connectivity index (χ3n) is 5.90. The summed E-state index contributed by atoms with van der Waals surface area (Å²) in [7, 11) is 3.19. The number of aromatic nitrogens is 1. The molecule has 2 N–H and O–H groups in total. The van der Waals surface area contributed by atoms with Gasteiger partial charge in [-0.15, -0.1) is 0 Å². The molecule has 0 aliphatic carbocycles. The first-order chi connectivity index (χ1) is 17.0. The molecule has 0 fully saturated rings. The van der Waals surface area contributed by atoms with Crippen LogP contribution in [-0.4, -0.2) is 24.7 Å². The molecule has 0 atom stereocenters. The zero-order valence-electron chi connectivity index (χ0n) is 20.1. The number of ether oxygens (including phenoxy) is 2. The van der Waals surface area contributed by atoms with Crippen LogP contribution in [0.4, 0.5) is 11.4 Å². The maximum atomic E-state index is 13.5. The molecule has 4 aromatic rings. The van der Waals surface area contributed by atoms with E-state index in [0.29, 0.717) is 29.1 Å². The predicted octanol–water partition coefficient (Wildman–Crippen LogP) is 4.83. The highest BCUT2D eigenvalue weighted by molar-refractivity contribution is 5.92. The summed E-state index contributed by atoms with van der Waals surface area (Å²) in [6.07, 6.45) is 0.925. The van der Waals surface area contributed by atoms with E-state index in [0.717, 1.165) is 23.2 Å². The molecule has 0 aliphatic heterocycles. The Balaban J connectivity index is 1.62. The van der Waals surface area contributed by atoms with Crippen molar-refractivity contribution in [1.29, 1.82) is 0 Å². The molecule has 35 heavy (non-hydrogen) atoms. The number of methoxy groups -OCH3 is 2. The van der Waals surface area contributed by atoms with Crippen molar-refractivity contribution in [2.24, 2.45) is 0 Å². The molecule has 1 heterocycles. The van der Waals surface area contributed by atoms with Crippen LogP contribution in [0, 0.1) is 0 Å². The summed E-state index contributed by atoms with van der Waals surface area (Å²) in [5, 5.41) is 7.01. The van der Waals surface area contributed by atoms with Gasteiger partial charge >= 0.3 is 0 Å². The van der Waals surface area contributed by atoms with Crippen LogP contribution in [0.15, 0.2) is 77.6 Å². The second-order valence-corrected chi connectivity index (χ2v) is 8.17. The number of carbonyl (C=O) groups excluding carboxylic acids is 1. The SMILES string of the molecule is CCc1ccc(NC(=O)Cn2c(=O)c(CNc3ccc(OC)cc3)cc3ccc(OC)cc32)cc1. The maximum absolute atomic E-state index is 13.5. The van der Waals surface area contributed by atoms with E-state index in [4.69, 9.17) is 9.47 Å². The van der Waals surface area contributed by atoms with Gasteiger partial charge in [-0.3, -0.25) is 14.2 Å². The third kappa shape index (κ3) is 5.63. The van der Waals surface area contributed by atoms with E-state index in [9.17, 15) is 9.59 Å². The molecule has 1 amide bonds. The second-order valence-electron chi connectivity index (χ2n) is 8.17. The zero-order chi connectivity index (χ0) is 24.8. The Hall–Kier alpha value is -4.26. The van der Waals surface area contributed by atoms with E-state index < -0.39 is 0 Å². The molecule has 0 unspecified atom stereocenters. The molecular weight excluding hydrogens is 442 g/mol. The summed E-state index contributed by atoms with van der Waals surface area (Å²) in [5.74, 6) is 1.10. The predicted molar refractivity (Wildman–Crippen MR) is 140 cm³/mol. The Morgan fingerprint density at radius 2 is 1.51 bits per heavy atom. The number of pyridine rings is 1. The number of benzene rings is 3. The van der Waals surface area contributed by atoms with Gasteiger partial charge in [-0.25, -0.2) is 0 Å². The van der Waals surface area contributed by atoms with E-state index in [1.165, 1.54) is 10.1 Å². The fraction of sp³-hybridized carbons (Fsp3) is 0.214. The van der Waals surface area contributed by atoms with Crippen LogP contribution >= 0.6 is 0 Å². The van der Waals surface area contributed by atoms with Crippen molar-refractivity contribution in [2.75, 3.05) is 24.9 Å². The lowest BCUT2D eigenvalue weighted by atomic mass is 10.1. The lowest BCUT2D eigenvalue weighted by molar-refractivity contribution is -0.116. The van der Waals surface area contributed by atoms with Gasteiger partial charge in [0.1, 0.15) is 18.0 Å². The highest BCUT2D eigenvalue weighted by Crippen LogP contribution is 2.22. The van der Waals surface area contributed by atoms with Gasteiger partial charge in [-0.2, -0.15) is 0 Å². The second kappa shape index (κ2) is 10.8. The van der Waals surface area contributed by atoms with Gasteiger partial charge in [0.15, 0.2) is 0 Å². The average molecular weight is 472 g/mol. The van der Waals surface area contributed by atoms with Crippen molar-refractivity contribution < 1.29 is 14.3 Å². The van der Waals surface area contributed by atoms with Crippen molar-refractivity contribution in [3.63, 3.8) is 0 Å². The van der Waals surface area contributed by atoms with E-state index in [-0.39, 0.29) is 18.0 Å². The molecule has 0 saturated heterocycles. The molecule has 7 nitrogen and oxygen atoms in total. The Morgan fingerprint density at radius 1 is 0.857 bits per heavy atom. The summed E-state index contributed by atoms with van der Waals surface area (Å²) < 4.78 is 12.0. The topological polar surface area (TPSA) is 81.6 Å². The highest BCUT2D eigenvalue weighted by atomic mass is 16.5. The summed E-state index contributed by atoms with van der Waals surface area (Å²) >= 11 is 0. The highest BCUT2D eigenvalue weighted by Gasteiger charge is 2.14. The van der Waals surface area contributed by atoms with Crippen LogP contribution in [0.25, 0.3) is 10.9 Å². The van der Waals surface area contributed by atoms with E-state index in [1.54, 1.807) is 20.3 Å².